The molecule has 1 aliphatic rings. The monoisotopic (exact) mass is 286 g/mol. The Bertz CT molecular complexity index is 417. The van der Waals surface area contributed by atoms with E-state index >= 15 is 0 Å². The molecule has 0 amide bonds. The van der Waals surface area contributed by atoms with Gasteiger partial charge in [-0.3, -0.25) is 4.90 Å². The molecule has 1 aromatic rings. The number of hydrogen-bond acceptors (Lipinski definition) is 2. The van der Waals surface area contributed by atoms with Crippen LogP contribution in [0, 0.1) is 5.92 Å². The van der Waals surface area contributed by atoms with Crippen LogP contribution in [0.4, 0.5) is 13.2 Å². The molecule has 2 atom stereocenters. The summed E-state index contributed by atoms with van der Waals surface area (Å²) < 4.78 is 38.2. The van der Waals surface area contributed by atoms with Crippen LogP contribution in [0.3, 0.4) is 0 Å². The third-order valence-corrected chi connectivity index (χ3v) is 3.81. The predicted octanol–water partition coefficient (Wildman–Crippen LogP) is 3.22. The van der Waals surface area contributed by atoms with Gasteiger partial charge in [0.25, 0.3) is 0 Å². The average molecular weight is 286 g/mol. The highest BCUT2D eigenvalue weighted by Crippen LogP contribution is 2.27. The fourth-order valence-corrected chi connectivity index (χ4v) is 2.80. The van der Waals surface area contributed by atoms with Gasteiger partial charge in [-0.1, -0.05) is 44.2 Å². The summed E-state index contributed by atoms with van der Waals surface area (Å²) >= 11 is 0. The molecule has 1 aromatic carbocycles. The van der Waals surface area contributed by atoms with E-state index in [4.69, 9.17) is 0 Å². The lowest BCUT2D eigenvalue weighted by molar-refractivity contribution is -0.156. The van der Waals surface area contributed by atoms with Crippen molar-refractivity contribution in [2.45, 2.75) is 32.1 Å². The Labute approximate surface area is 118 Å². The zero-order chi connectivity index (χ0) is 14.8. The smallest absolute Gasteiger partial charge is 0.307 e. The molecule has 0 radical (unpaired) electrons. The van der Waals surface area contributed by atoms with E-state index in [1.165, 1.54) is 0 Å². The molecule has 112 valence electrons. The van der Waals surface area contributed by atoms with Gasteiger partial charge in [0.15, 0.2) is 0 Å². The highest BCUT2D eigenvalue weighted by molar-refractivity contribution is 5.20. The van der Waals surface area contributed by atoms with E-state index in [9.17, 15) is 13.2 Å². The van der Waals surface area contributed by atoms with Crippen LogP contribution in [0.15, 0.2) is 30.3 Å². The molecule has 20 heavy (non-hydrogen) atoms. The Morgan fingerprint density at radius 1 is 1.25 bits per heavy atom. The lowest BCUT2D eigenvalue weighted by atomic mass is 9.95. The molecule has 1 fully saturated rings. The molecule has 0 aromatic heterocycles. The van der Waals surface area contributed by atoms with E-state index < -0.39 is 12.7 Å². The fourth-order valence-electron chi connectivity index (χ4n) is 2.80. The highest BCUT2D eigenvalue weighted by Gasteiger charge is 2.38. The minimum atomic E-state index is -4.15. The van der Waals surface area contributed by atoms with Gasteiger partial charge in [-0.15, -0.1) is 0 Å². The molecular weight excluding hydrogens is 265 g/mol. The second-order valence-corrected chi connectivity index (χ2v) is 5.73. The normalized spacial score (nSPS) is 25.1. The van der Waals surface area contributed by atoms with Crippen LogP contribution in [0.25, 0.3) is 0 Å². The van der Waals surface area contributed by atoms with Crippen LogP contribution < -0.4 is 5.32 Å². The summed E-state index contributed by atoms with van der Waals surface area (Å²) in [7, 11) is 0. The number of rotatable bonds is 3. The van der Waals surface area contributed by atoms with Crippen molar-refractivity contribution >= 4 is 0 Å². The quantitative estimate of drug-likeness (QED) is 0.918. The van der Waals surface area contributed by atoms with Crippen LogP contribution in [0.5, 0.6) is 0 Å². The van der Waals surface area contributed by atoms with Crippen molar-refractivity contribution < 1.29 is 13.2 Å². The van der Waals surface area contributed by atoms with Crippen LogP contribution in [-0.4, -0.2) is 36.8 Å². The summed E-state index contributed by atoms with van der Waals surface area (Å²) in [5, 5.41) is 3.37. The molecule has 0 bridgehead atoms. The van der Waals surface area contributed by atoms with E-state index in [1.807, 2.05) is 44.2 Å². The zero-order valence-corrected chi connectivity index (χ0v) is 11.8. The minimum Gasteiger partial charge on any atom is -0.307 e. The van der Waals surface area contributed by atoms with Gasteiger partial charge in [0.05, 0.1) is 6.54 Å². The minimum absolute atomic E-state index is 0.0337. The lowest BCUT2D eigenvalue weighted by Crippen LogP contribution is -2.56. The van der Waals surface area contributed by atoms with Gasteiger partial charge < -0.3 is 5.32 Å². The topological polar surface area (TPSA) is 15.3 Å². The van der Waals surface area contributed by atoms with Crippen molar-refractivity contribution in [3.63, 3.8) is 0 Å². The number of hydrogen-bond donors (Lipinski definition) is 1. The first-order chi connectivity index (χ1) is 9.37. The first kappa shape index (κ1) is 15.3. The van der Waals surface area contributed by atoms with Gasteiger partial charge in [0.2, 0.25) is 0 Å². The maximum absolute atomic E-state index is 12.7. The first-order valence-electron chi connectivity index (χ1n) is 6.96. The predicted molar refractivity (Wildman–Crippen MR) is 73.4 cm³/mol. The van der Waals surface area contributed by atoms with Crippen LogP contribution in [0.1, 0.15) is 25.5 Å². The number of halogens is 3. The van der Waals surface area contributed by atoms with E-state index in [0.29, 0.717) is 13.1 Å². The molecule has 1 heterocycles. The molecule has 5 heteroatoms. The fraction of sp³-hybridized carbons (Fsp3) is 0.600. The summed E-state index contributed by atoms with van der Waals surface area (Å²) in [4.78, 5) is 1.57. The highest BCUT2D eigenvalue weighted by atomic mass is 19.4. The summed E-state index contributed by atoms with van der Waals surface area (Å²) in [6.07, 6.45) is -4.15. The Kier molecular flexibility index (Phi) is 4.70. The van der Waals surface area contributed by atoms with Gasteiger partial charge in [-0.25, -0.2) is 0 Å². The molecule has 2 nitrogen and oxygen atoms in total. The SMILES string of the molecule is CC(C)C1CNC(c2ccccc2)CN1CC(F)(F)F. The van der Waals surface area contributed by atoms with Crippen molar-refractivity contribution in [1.29, 1.82) is 0 Å². The van der Waals surface area contributed by atoms with Crippen molar-refractivity contribution in [2.75, 3.05) is 19.6 Å². The molecule has 2 unspecified atom stereocenters. The van der Waals surface area contributed by atoms with Gasteiger partial charge in [0.1, 0.15) is 0 Å². The maximum atomic E-state index is 12.7. The third kappa shape index (κ3) is 3.96. The third-order valence-electron chi connectivity index (χ3n) is 3.81. The molecule has 2 rings (SSSR count). The second kappa shape index (κ2) is 6.14. The molecule has 1 aliphatic heterocycles. The van der Waals surface area contributed by atoms with Gasteiger partial charge in [-0.2, -0.15) is 13.2 Å². The van der Waals surface area contributed by atoms with Crippen molar-refractivity contribution in [3.8, 4) is 0 Å². The second-order valence-electron chi connectivity index (χ2n) is 5.73. The largest absolute Gasteiger partial charge is 0.401 e. The Hall–Kier alpha value is -1.07. The van der Waals surface area contributed by atoms with Gasteiger partial charge in [0, 0.05) is 25.2 Å². The van der Waals surface area contributed by atoms with Crippen LogP contribution in [0.2, 0.25) is 0 Å². The lowest BCUT2D eigenvalue weighted by Gasteiger charge is -2.42. The number of benzene rings is 1. The van der Waals surface area contributed by atoms with Gasteiger partial charge >= 0.3 is 6.18 Å². The molecule has 1 N–H and O–H groups in total. The van der Waals surface area contributed by atoms with E-state index in [-0.39, 0.29) is 18.0 Å². The summed E-state index contributed by atoms with van der Waals surface area (Å²) in [5.41, 5.74) is 1.04. The van der Waals surface area contributed by atoms with E-state index in [1.54, 1.807) is 4.90 Å². The van der Waals surface area contributed by atoms with E-state index in [0.717, 1.165) is 5.56 Å². The number of piperazine rings is 1. The Morgan fingerprint density at radius 3 is 2.45 bits per heavy atom. The first-order valence-corrected chi connectivity index (χ1v) is 6.96. The molecule has 0 saturated carbocycles. The number of alkyl halides is 3. The number of nitrogens with zero attached hydrogens (tertiary/aromatic N) is 1. The standard InChI is InChI=1S/C15H21F3N2/c1-11(2)14-8-19-13(12-6-4-3-5-7-12)9-20(14)10-15(16,17)18/h3-7,11,13-14,19H,8-10H2,1-2H3. The van der Waals surface area contributed by atoms with Crippen molar-refractivity contribution in [1.82, 2.24) is 10.2 Å². The van der Waals surface area contributed by atoms with Crippen LogP contribution >= 0.6 is 0 Å². The van der Waals surface area contributed by atoms with Crippen molar-refractivity contribution in [3.05, 3.63) is 35.9 Å². The maximum Gasteiger partial charge on any atom is 0.401 e. The Morgan fingerprint density at radius 2 is 1.90 bits per heavy atom. The summed E-state index contributed by atoms with van der Waals surface area (Å²) in [5.74, 6) is 0.196. The van der Waals surface area contributed by atoms with Gasteiger partial charge in [-0.05, 0) is 11.5 Å². The summed E-state index contributed by atoms with van der Waals surface area (Å²) in [6, 6.07) is 9.55. The zero-order valence-electron chi connectivity index (χ0n) is 11.8. The average Bonchev–Trinajstić information content (AvgIpc) is 2.37. The van der Waals surface area contributed by atoms with Crippen LogP contribution in [-0.2, 0) is 0 Å². The van der Waals surface area contributed by atoms with E-state index in [2.05, 4.69) is 5.32 Å². The molecule has 0 aliphatic carbocycles. The molecule has 0 spiro atoms. The Balaban J connectivity index is 2.11. The summed E-state index contributed by atoms with van der Waals surface area (Å²) in [6.45, 7) is 4.09. The molecular formula is C15H21F3N2. The van der Waals surface area contributed by atoms with Crippen molar-refractivity contribution in [2.24, 2.45) is 5.92 Å². The number of nitrogens with one attached hydrogen (secondary N) is 1. The molecule has 1 saturated heterocycles.